The van der Waals surface area contributed by atoms with Crippen LogP contribution >= 0.6 is 0 Å². The Balaban J connectivity index is 2.26. The van der Waals surface area contributed by atoms with Gasteiger partial charge in [0, 0.05) is 40.1 Å². The number of rotatable bonds is 6. The third-order valence-electron chi connectivity index (χ3n) is 3.35. The predicted molar refractivity (Wildman–Crippen MR) is 82.4 cm³/mol. The molecule has 2 aromatic rings. The number of ether oxygens (including phenoxy) is 1. The molecular weight excluding hydrogens is 290 g/mol. The normalized spacial score (nSPS) is 13.9. The van der Waals surface area contributed by atoms with E-state index < -0.39 is 10.8 Å². The van der Waals surface area contributed by atoms with Gasteiger partial charge < -0.3 is 10.5 Å². The number of benzene rings is 1. The number of hydrogen-bond donors (Lipinski definition) is 1. The van der Waals surface area contributed by atoms with E-state index in [0.29, 0.717) is 23.8 Å². The summed E-state index contributed by atoms with van der Waals surface area (Å²) in [7, 11) is 0.735. The molecule has 0 aliphatic heterocycles. The highest BCUT2D eigenvalue weighted by Gasteiger charge is 2.14. The molecule has 0 fully saturated rings. The molecule has 2 unspecified atom stereocenters. The summed E-state index contributed by atoms with van der Waals surface area (Å²) in [5, 5.41) is 11.8. The Morgan fingerprint density at radius 1 is 1.48 bits per heavy atom. The maximum atomic E-state index is 11.4. The lowest BCUT2D eigenvalue weighted by Gasteiger charge is -2.10. The minimum atomic E-state index is -0.859. The highest BCUT2D eigenvalue weighted by Crippen LogP contribution is 2.28. The molecule has 2 atom stereocenters. The van der Waals surface area contributed by atoms with Crippen LogP contribution in [0.5, 0.6) is 5.75 Å². The lowest BCUT2D eigenvalue weighted by molar-refractivity contribution is 0.415. The van der Waals surface area contributed by atoms with Gasteiger partial charge in [0.15, 0.2) is 5.82 Å². The van der Waals surface area contributed by atoms with Crippen molar-refractivity contribution in [3.05, 3.63) is 18.2 Å². The molecule has 114 valence electrons. The van der Waals surface area contributed by atoms with Crippen molar-refractivity contribution in [2.45, 2.75) is 25.1 Å². The zero-order chi connectivity index (χ0) is 15.4. The smallest absolute Gasteiger partial charge is 0.184 e. The van der Waals surface area contributed by atoms with E-state index in [1.807, 2.05) is 6.92 Å². The minimum absolute atomic E-state index is 0.0877. The topological polar surface area (TPSA) is 95.9 Å². The monoisotopic (exact) mass is 309 g/mol. The van der Waals surface area contributed by atoms with E-state index in [1.165, 1.54) is 0 Å². The molecule has 2 N–H and O–H groups in total. The van der Waals surface area contributed by atoms with Crippen LogP contribution in [0.3, 0.4) is 0 Å². The highest BCUT2D eigenvalue weighted by atomic mass is 32.2. The molecule has 1 aromatic carbocycles. The molecule has 2 rings (SSSR count). The number of nitrogens with zero attached hydrogens (tertiary/aromatic N) is 4. The van der Waals surface area contributed by atoms with Gasteiger partial charge in [0.05, 0.1) is 7.11 Å². The van der Waals surface area contributed by atoms with E-state index in [0.717, 1.165) is 12.0 Å². The average molecular weight is 309 g/mol. The van der Waals surface area contributed by atoms with Crippen molar-refractivity contribution >= 4 is 16.5 Å². The summed E-state index contributed by atoms with van der Waals surface area (Å²) in [4.78, 5) is 0. The van der Waals surface area contributed by atoms with Gasteiger partial charge in [-0.25, -0.2) is 4.68 Å². The summed E-state index contributed by atoms with van der Waals surface area (Å²) < 4.78 is 18.3. The number of aryl methyl sites for hydroxylation is 1. The lowest BCUT2D eigenvalue weighted by atomic mass is 10.1. The molecule has 1 heterocycles. The first-order valence-corrected chi connectivity index (χ1v) is 8.17. The Labute approximate surface area is 125 Å². The van der Waals surface area contributed by atoms with Gasteiger partial charge in [-0.3, -0.25) is 4.21 Å². The van der Waals surface area contributed by atoms with Gasteiger partial charge in [-0.2, -0.15) is 0 Å². The largest absolute Gasteiger partial charge is 0.497 e. The highest BCUT2D eigenvalue weighted by molar-refractivity contribution is 7.84. The molecule has 0 bridgehead atoms. The fraction of sp³-hybridized carbons (Fsp3) is 0.462. The second-order valence-corrected chi connectivity index (χ2v) is 6.58. The zero-order valence-electron chi connectivity index (χ0n) is 12.3. The molecule has 1 aromatic heterocycles. The maximum Gasteiger partial charge on any atom is 0.184 e. The first kappa shape index (κ1) is 15.4. The van der Waals surface area contributed by atoms with Crippen molar-refractivity contribution in [1.82, 2.24) is 20.2 Å². The van der Waals surface area contributed by atoms with E-state index in [4.69, 9.17) is 10.5 Å². The molecule has 0 aliphatic rings. The Morgan fingerprint density at radius 2 is 2.24 bits per heavy atom. The Kier molecular flexibility index (Phi) is 4.89. The number of methoxy groups -OCH3 is 1. The van der Waals surface area contributed by atoms with Crippen LogP contribution in [0.4, 0.5) is 5.69 Å². The van der Waals surface area contributed by atoms with Crippen molar-refractivity contribution in [2.24, 2.45) is 0 Å². The fourth-order valence-electron chi connectivity index (χ4n) is 1.87. The van der Waals surface area contributed by atoms with Crippen LogP contribution in [0.25, 0.3) is 11.4 Å². The molecule has 8 heteroatoms. The summed E-state index contributed by atoms with van der Waals surface area (Å²) in [6.45, 7) is 2.53. The number of aromatic nitrogens is 4. The van der Waals surface area contributed by atoms with Crippen LogP contribution in [-0.2, 0) is 17.3 Å². The van der Waals surface area contributed by atoms with E-state index in [1.54, 1.807) is 36.2 Å². The van der Waals surface area contributed by atoms with E-state index in [9.17, 15) is 4.21 Å². The number of nitrogens with two attached hydrogens (primary N) is 1. The molecule has 0 aliphatic carbocycles. The second kappa shape index (κ2) is 6.66. The van der Waals surface area contributed by atoms with Crippen molar-refractivity contribution < 1.29 is 8.95 Å². The third kappa shape index (κ3) is 3.57. The second-order valence-electron chi connectivity index (χ2n) is 4.78. The zero-order valence-corrected chi connectivity index (χ0v) is 13.1. The number of nitrogen functional groups attached to an aromatic ring is 1. The molecule has 0 spiro atoms. The van der Waals surface area contributed by atoms with Gasteiger partial charge in [-0.15, -0.1) is 5.10 Å². The van der Waals surface area contributed by atoms with Gasteiger partial charge in [0.2, 0.25) is 0 Å². The van der Waals surface area contributed by atoms with E-state index >= 15 is 0 Å². The van der Waals surface area contributed by atoms with Gasteiger partial charge in [-0.05, 0) is 35.0 Å². The van der Waals surface area contributed by atoms with Crippen LogP contribution in [0, 0.1) is 0 Å². The number of anilines is 1. The van der Waals surface area contributed by atoms with Crippen LogP contribution in [0.2, 0.25) is 0 Å². The average Bonchev–Trinajstić information content (AvgIpc) is 2.93. The minimum Gasteiger partial charge on any atom is -0.497 e. The quantitative estimate of drug-likeness (QED) is 0.802. The Morgan fingerprint density at radius 3 is 2.90 bits per heavy atom. The van der Waals surface area contributed by atoms with Gasteiger partial charge in [-0.1, -0.05) is 6.92 Å². The van der Waals surface area contributed by atoms with Crippen molar-refractivity contribution in [2.75, 3.05) is 19.1 Å². The summed E-state index contributed by atoms with van der Waals surface area (Å²) >= 11 is 0. The summed E-state index contributed by atoms with van der Waals surface area (Å²) in [6.07, 6.45) is 2.43. The van der Waals surface area contributed by atoms with Crippen LogP contribution in [0.15, 0.2) is 18.2 Å². The Hall–Kier alpha value is -1.96. The molecule has 0 saturated heterocycles. The summed E-state index contributed by atoms with van der Waals surface area (Å²) in [6, 6.07) is 5.35. The molecular formula is C13H19N5O2S. The first-order chi connectivity index (χ1) is 10.0. The molecule has 0 saturated carbocycles. The Bertz CT molecular complexity index is 643. The van der Waals surface area contributed by atoms with Crippen LogP contribution in [0.1, 0.15) is 13.3 Å². The SMILES string of the molecule is COc1ccc(N)c(-c2nnnn2CCC(C)S(C)=O)c1. The van der Waals surface area contributed by atoms with Gasteiger partial charge in [0.1, 0.15) is 5.75 Å². The van der Waals surface area contributed by atoms with Crippen molar-refractivity contribution in [3.8, 4) is 17.1 Å². The van der Waals surface area contributed by atoms with E-state index in [-0.39, 0.29) is 5.25 Å². The van der Waals surface area contributed by atoms with Crippen molar-refractivity contribution in [3.63, 3.8) is 0 Å². The standard InChI is InChI=1S/C13H19N5O2S/c1-9(21(3)19)6-7-18-13(15-16-17-18)11-8-10(20-2)4-5-12(11)14/h4-5,8-9H,6-7,14H2,1-3H3. The predicted octanol–water partition coefficient (Wildman–Crippen LogP) is 1.09. The van der Waals surface area contributed by atoms with Gasteiger partial charge in [0.25, 0.3) is 0 Å². The first-order valence-electron chi connectivity index (χ1n) is 6.55. The fourth-order valence-corrected chi connectivity index (χ4v) is 2.31. The summed E-state index contributed by atoms with van der Waals surface area (Å²) in [5.74, 6) is 1.28. The molecule has 0 amide bonds. The van der Waals surface area contributed by atoms with Crippen LogP contribution in [-0.4, -0.2) is 43.0 Å². The third-order valence-corrected chi connectivity index (χ3v) is 4.72. The van der Waals surface area contributed by atoms with E-state index in [2.05, 4.69) is 15.5 Å². The number of tetrazole rings is 1. The molecule has 7 nitrogen and oxygen atoms in total. The molecule has 0 radical (unpaired) electrons. The summed E-state index contributed by atoms with van der Waals surface area (Å²) in [5.41, 5.74) is 7.30. The van der Waals surface area contributed by atoms with Crippen LogP contribution < -0.4 is 10.5 Å². The van der Waals surface area contributed by atoms with Gasteiger partial charge >= 0.3 is 0 Å². The van der Waals surface area contributed by atoms with Crippen molar-refractivity contribution in [1.29, 1.82) is 0 Å². The molecule has 21 heavy (non-hydrogen) atoms. The number of hydrogen-bond acceptors (Lipinski definition) is 6. The lowest BCUT2D eigenvalue weighted by Crippen LogP contribution is -2.14. The maximum absolute atomic E-state index is 11.4.